The zero-order valence-electron chi connectivity index (χ0n) is 16.4. The zero-order valence-corrected chi connectivity index (χ0v) is 16.4. The van der Waals surface area contributed by atoms with Crippen LogP contribution in [0.5, 0.6) is 0 Å². The summed E-state index contributed by atoms with van der Waals surface area (Å²) in [6, 6.07) is 5.07. The number of hydrogen-bond acceptors (Lipinski definition) is 4. The smallest absolute Gasteiger partial charge is 0.160 e. The third-order valence-corrected chi connectivity index (χ3v) is 6.17. The quantitative estimate of drug-likeness (QED) is 0.900. The molecule has 2 aromatic heterocycles. The summed E-state index contributed by atoms with van der Waals surface area (Å²) in [7, 11) is 2.02. The number of pyridine rings is 1. The van der Waals surface area contributed by atoms with E-state index >= 15 is 0 Å². The number of rotatable bonds is 4. The second-order valence-corrected chi connectivity index (χ2v) is 8.36. The fourth-order valence-corrected chi connectivity index (χ4v) is 4.66. The summed E-state index contributed by atoms with van der Waals surface area (Å²) in [6.07, 6.45) is 10.6. The Hall–Kier alpha value is -1.62. The van der Waals surface area contributed by atoms with Crippen LogP contribution in [0, 0.1) is 5.92 Å². The lowest BCUT2D eigenvalue weighted by molar-refractivity contribution is 0.300. The van der Waals surface area contributed by atoms with Crippen molar-refractivity contribution in [2.24, 2.45) is 13.0 Å². The Labute approximate surface area is 157 Å². The van der Waals surface area contributed by atoms with Crippen LogP contribution in [0.2, 0.25) is 0 Å². The number of aromatic nitrogens is 3. The molecule has 1 saturated carbocycles. The van der Waals surface area contributed by atoms with Gasteiger partial charge in [0.1, 0.15) is 5.82 Å². The van der Waals surface area contributed by atoms with E-state index in [1.54, 1.807) is 0 Å². The molecule has 142 valence electrons. The van der Waals surface area contributed by atoms with Crippen LogP contribution in [-0.4, -0.2) is 33.9 Å². The highest BCUT2D eigenvalue weighted by Gasteiger charge is 2.20. The van der Waals surface area contributed by atoms with Crippen molar-refractivity contribution in [2.75, 3.05) is 18.0 Å². The Balaban J connectivity index is 1.50. The number of hydrogen-bond donors (Lipinski definition) is 1. The van der Waals surface area contributed by atoms with Gasteiger partial charge >= 0.3 is 0 Å². The first-order valence-electron chi connectivity index (χ1n) is 10.5. The molecule has 3 heterocycles. The van der Waals surface area contributed by atoms with Crippen LogP contribution in [0.25, 0.3) is 11.0 Å². The maximum Gasteiger partial charge on any atom is 0.160 e. The summed E-state index contributed by atoms with van der Waals surface area (Å²) in [5.74, 6) is 1.96. The molecule has 2 atom stereocenters. The van der Waals surface area contributed by atoms with Crippen LogP contribution < -0.4 is 10.2 Å². The molecule has 1 N–H and O–H groups in total. The highest BCUT2D eigenvalue weighted by atomic mass is 15.3. The molecule has 2 aliphatic rings. The van der Waals surface area contributed by atoms with E-state index in [-0.39, 0.29) is 0 Å². The summed E-state index contributed by atoms with van der Waals surface area (Å²) in [6.45, 7) is 5.48. The van der Waals surface area contributed by atoms with Gasteiger partial charge in [0.25, 0.3) is 0 Å². The molecule has 1 aliphatic heterocycles. The van der Waals surface area contributed by atoms with E-state index < -0.39 is 0 Å². The van der Waals surface area contributed by atoms with E-state index in [2.05, 4.69) is 29.3 Å². The lowest BCUT2D eigenvalue weighted by Crippen LogP contribution is -2.33. The third-order valence-electron chi connectivity index (χ3n) is 6.17. The van der Waals surface area contributed by atoms with Crippen LogP contribution in [0.3, 0.4) is 0 Å². The number of aryl methyl sites for hydroxylation is 1. The predicted molar refractivity (Wildman–Crippen MR) is 107 cm³/mol. The standard InChI is InChI=1S/C21H33N5/c1-16-8-7-9-17(14-16)22-15-19-18-10-11-20(23-21(18)25(2)24-19)26-12-5-3-4-6-13-26/h10-11,16-17,22H,3-9,12-15H2,1-2H3. The van der Waals surface area contributed by atoms with Gasteiger partial charge in [-0.3, -0.25) is 4.68 Å². The van der Waals surface area contributed by atoms with Gasteiger partial charge < -0.3 is 10.2 Å². The maximum absolute atomic E-state index is 4.97. The van der Waals surface area contributed by atoms with Crippen molar-refractivity contribution in [2.45, 2.75) is 70.9 Å². The molecule has 2 fully saturated rings. The van der Waals surface area contributed by atoms with E-state index in [1.807, 2.05) is 11.7 Å². The summed E-state index contributed by atoms with van der Waals surface area (Å²) < 4.78 is 1.96. The van der Waals surface area contributed by atoms with Gasteiger partial charge in [-0.25, -0.2) is 4.98 Å². The molecule has 2 unspecified atom stereocenters. The SMILES string of the molecule is CC1CCCC(NCc2nn(C)c3nc(N4CCCCCC4)ccc23)C1. The van der Waals surface area contributed by atoms with Crippen molar-refractivity contribution in [1.82, 2.24) is 20.1 Å². The maximum atomic E-state index is 4.97. The minimum Gasteiger partial charge on any atom is -0.357 e. The fourth-order valence-electron chi connectivity index (χ4n) is 4.66. The topological polar surface area (TPSA) is 46.0 Å². The van der Waals surface area contributed by atoms with Gasteiger partial charge in [-0.2, -0.15) is 5.10 Å². The Morgan fingerprint density at radius 1 is 1.08 bits per heavy atom. The largest absolute Gasteiger partial charge is 0.357 e. The molecule has 0 radical (unpaired) electrons. The Morgan fingerprint density at radius 2 is 1.88 bits per heavy atom. The third kappa shape index (κ3) is 3.88. The van der Waals surface area contributed by atoms with Crippen molar-refractivity contribution < 1.29 is 0 Å². The fraction of sp³-hybridized carbons (Fsp3) is 0.714. The van der Waals surface area contributed by atoms with Crippen molar-refractivity contribution in [1.29, 1.82) is 0 Å². The number of fused-ring (bicyclic) bond motifs is 1. The highest BCUT2D eigenvalue weighted by Crippen LogP contribution is 2.25. The molecule has 0 amide bonds. The minimum atomic E-state index is 0.639. The van der Waals surface area contributed by atoms with Crippen LogP contribution in [0.4, 0.5) is 5.82 Å². The summed E-state index contributed by atoms with van der Waals surface area (Å²) in [5, 5.41) is 9.71. The summed E-state index contributed by atoms with van der Waals surface area (Å²) in [5.41, 5.74) is 2.15. The predicted octanol–water partition coefficient (Wildman–Crippen LogP) is 4.02. The highest BCUT2D eigenvalue weighted by molar-refractivity contribution is 5.80. The molecule has 4 rings (SSSR count). The van der Waals surface area contributed by atoms with Gasteiger partial charge in [0.05, 0.1) is 5.69 Å². The van der Waals surface area contributed by atoms with Crippen molar-refractivity contribution >= 4 is 16.9 Å². The lowest BCUT2D eigenvalue weighted by atomic mass is 9.87. The number of anilines is 1. The van der Waals surface area contributed by atoms with Gasteiger partial charge in [0.15, 0.2) is 5.65 Å². The Kier molecular flexibility index (Phi) is 5.44. The van der Waals surface area contributed by atoms with E-state index in [0.29, 0.717) is 6.04 Å². The van der Waals surface area contributed by atoms with Gasteiger partial charge in [0, 0.05) is 38.1 Å². The van der Waals surface area contributed by atoms with Crippen LogP contribution >= 0.6 is 0 Å². The molecular weight excluding hydrogens is 322 g/mol. The average Bonchev–Trinajstić information content (AvgIpc) is 2.82. The molecule has 0 spiro atoms. The summed E-state index contributed by atoms with van der Waals surface area (Å²) >= 11 is 0. The molecule has 0 bridgehead atoms. The molecule has 1 saturated heterocycles. The first-order chi connectivity index (χ1) is 12.7. The molecular formula is C21H33N5. The second kappa shape index (κ2) is 7.95. The minimum absolute atomic E-state index is 0.639. The van der Waals surface area contributed by atoms with E-state index in [4.69, 9.17) is 10.1 Å². The first kappa shape index (κ1) is 17.8. The second-order valence-electron chi connectivity index (χ2n) is 8.36. The summed E-state index contributed by atoms with van der Waals surface area (Å²) in [4.78, 5) is 7.41. The molecule has 2 aromatic rings. The molecule has 5 heteroatoms. The van der Waals surface area contributed by atoms with Gasteiger partial charge in [0.2, 0.25) is 0 Å². The van der Waals surface area contributed by atoms with E-state index in [9.17, 15) is 0 Å². The molecule has 1 aliphatic carbocycles. The molecule has 5 nitrogen and oxygen atoms in total. The Morgan fingerprint density at radius 3 is 2.65 bits per heavy atom. The van der Waals surface area contributed by atoms with Crippen LogP contribution in [-0.2, 0) is 13.6 Å². The van der Waals surface area contributed by atoms with Crippen molar-refractivity contribution in [3.05, 3.63) is 17.8 Å². The first-order valence-corrected chi connectivity index (χ1v) is 10.5. The number of nitrogens with zero attached hydrogens (tertiary/aromatic N) is 4. The van der Waals surface area contributed by atoms with E-state index in [0.717, 1.165) is 42.7 Å². The normalized spacial score (nSPS) is 24.8. The zero-order chi connectivity index (χ0) is 17.9. The molecule has 26 heavy (non-hydrogen) atoms. The van der Waals surface area contributed by atoms with Gasteiger partial charge in [-0.1, -0.05) is 32.6 Å². The Bertz CT molecular complexity index is 729. The van der Waals surface area contributed by atoms with Crippen molar-refractivity contribution in [3.8, 4) is 0 Å². The molecule has 0 aromatic carbocycles. The van der Waals surface area contributed by atoms with E-state index in [1.165, 1.54) is 56.8 Å². The van der Waals surface area contributed by atoms with Gasteiger partial charge in [-0.15, -0.1) is 0 Å². The van der Waals surface area contributed by atoms with Crippen molar-refractivity contribution in [3.63, 3.8) is 0 Å². The van der Waals surface area contributed by atoms with Crippen LogP contribution in [0.1, 0.15) is 64.0 Å². The number of nitrogens with one attached hydrogen (secondary N) is 1. The van der Waals surface area contributed by atoms with Crippen LogP contribution in [0.15, 0.2) is 12.1 Å². The lowest BCUT2D eigenvalue weighted by Gasteiger charge is -2.27. The monoisotopic (exact) mass is 355 g/mol. The average molecular weight is 356 g/mol. The van der Waals surface area contributed by atoms with Gasteiger partial charge in [-0.05, 0) is 43.7 Å².